The number of nitrogens with zero attached hydrogens (tertiary/aromatic N) is 2. The van der Waals surface area contributed by atoms with E-state index >= 15 is 0 Å². The van der Waals surface area contributed by atoms with Crippen molar-refractivity contribution in [2.45, 2.75) is 51.7 Å². The lowest BCUT2D eigenvalue weighted by Gasteiger charge is -2.26. The molecule has 4 nitrogen and oxygen atoms in total. The van der Waals surface area contributed by atoms with Crippen molar-refractivity contribution in [3.8, 4) is 0 Å². The Balaban J connectivity index is 1.98. The van der Waals surface area contributed by atoms with Crippen LogP contribution >= 0.6 is 0 Å². The summed E-state index contributed by atoms with van der Waals surface area (Å²) in [5.41, 5.74) is 6.90. The Bertz CT molecular complexity index is 325. The van der Waals surface area contributed by atoms with Crippen molar-refractivity contribution >= 4 is 5.82 Å². The van der Waals surface area contributed by atoms with Crippen LogP contribution in [0.1, 0.15) is 44.8 Å². The number of rotatable bonds is 4. The number of aromatic nitrogens is 2. The van der Waals surface area contributed by atoms with Gasteiger partial charge in [-0.2, -0.15) is 5.10 Å². The quantitative estimate of drug-likeness (QED) is 0.791. The number of nitrogens with two attached hydrogens (primary N) is 1. The number of hydrogen-bond donors (Lipinski definition) is 2. The molecule has 0 aliphatic heterocycles. The number of hydrogen-bond acceptors (Lipinski definition) is 3. The van der Waals surface area contributed by atoms with Crippen molar-refractivity contribution in [3.05, 3.63) is 11.8 Å². The first-order valence-corrected chi connectivity index (χ1v) is 5.74. The van der Waals surface area contributed by atoms with Gasteiger partial charge in [-0.15, -0.1) is 0 Å². The Morgan fingerprint density at radius 3 is 2.87 bits per heavy atom. The third kappa shape index (κ3) is 2.31. The zero-order valence-electron chi connectivity index (χ0n) is 9.53. The van der Waals surface area contributed by atoms with Crippen LogP contribution in [0.15, 0.2) is 6.07 Å². The van der Waals surface area contributed by atoms with Gasteiger partial charge in [0, 0.05) is 24.7 Å². The molecule has 0 bridgehead atoms. The standard InChI is InChI=1S/C11H20N4/c1-8(2)15-10(6-11(12)14-15)7-13-9-4-3-5-9/h6,8-9,13H,3-5,7H2,1-2H3,(H2,12,14). The van der Waals surface area contributed by atoms with Gasteiger partial charge in [0.25, 0.3) is 0 Å². The number of anilines is 1. The maximum atomic E-state index is 5.71. The second-order valence-electron chi connectivity index (χ2n) is 4.61. The van der Waals surface area contributed by atoms with E-state index in [4.69, 9.17) is 5.73 Å². The minimum atomic E-state index is 0.375. The Kier molecular flexibility index (Phi) is 2.95. The lowest BCUT2D eigenvalue weighted by atomic mass is 9.93. The predicted molar refractivity (Wildman–Crippen MR) is 61.5 cm³/mol. The first-order valence-electron chi connectivity index (χ1n) is 5.74. The first kappa shape index (κ1) is 10.5. The van der Waals surface area contributed by atoms with E-state index in [2.05, 4.69) is 24.3 Å². The highest BCUT2D eigenvalue weighted by molar-refractivity contribution is 5.29. The van der Waals surface area contributed by atoms with Gasteiger partial charge in [-0.1, -0.05) is 6.42 Å². The highest BCUT2D eigenvalue weighted by Gasteiger charge is 2.17. The molecule has 1 fully saturated rings. The molecule has 1 aromatic heterocycles. The van der Waals surface area contributed by atoms with Crippen LogP contribution in [0.5, 0.6) is 0 Å². The second-order valence-corrected chi connectivity index (χ2v) is 4.61. The Morgan fingerprint density at radius 2 is 2.33 bits per heavy atom. The van der Waals surface area contributed by atoms with Gasteiger partial charge in [0.05, 0.1) is 5.69 Å². The molecule has 1 heterocycles. The zero-order chi connectivity index (χ0) is 10.8. The van der Waals surface area contributed by atoms with E-state index in [1.54, 1.807) is 0 Å². The van der Waals surface area contributed by atoms with E-state index in [1.165, 1.54) is 25.0 Å². The fourth-order valence-electron chi connectivity index (χ4n) is 1.89. The third-order valence-electron chi connectivity index (χ3n) is 3.00. The van der Waals surface area contributed by atoms with Crippen molar-refractivity contribution < 1.29 is 0 Å². The summed E-state index contributed by atoms with van der Waals surface area (Å²) in [7, 11) is 0. The van der Waals surface area contributed by atoms with Crippen molar-refractivity contribution in [2.24, 2.45) is 0 Å². The molecule has 1 saturated carbocycles. The lowest BCUT2D eigenvalue weighted by molar-refractivity contribution is 0.332. The van der Waals surface area contributed by atoms with Crippen molar-refractivity contribution in [2.75, 3.05) is 5.73 Å². The lowest BCUT2D eigenvalue weighted by Crippen LogP contribution is -2.35. The topological polar surface area (TPSA) is 55.9 Å². The fourth-order valence-corrected chi connectivity index (χ4v) is 1.89. The van der Waals surface area contributed by atoms with Crippen molar-refractivity contribution in [1.29, 1.82) is 0 Å². The second kappa shape index (κ2) is 4.23. The third-order valence-corrected chi connectivity index (χ3v) is 3.00. The van der Waals surface area contributed by atoms with Gasteiger partial charge in [-0.05, 0) is 26.7 Å². The minimum Gasteiger partial charge on any atom is -0.382 e. The summed E-state index contributed by atoms with van der Waals surface area (Å²) in [6, 6.07) is 3.05. The van der Waals surface area contributed by atoms with Gasteiger partial charge < -0.3 is 11.1 Å². The Labute approximate surface area is 90.8 Å². The monoisotopic (exact) mass is 208 g/mol. The van der Waals surface area contributed by atoms with Gasteiger partial charge in [0.15, 0.2) is 0 Å². The molecule has 2 rings (SSSR count). The maximum absolute atomic E-state index is 5.71. The largest absolute Gasteiger partial charge is 0.382 e. The summed E-state index contributed by atoms with van der Waals surface area (Å²) in [6.45, 7) is 5.13. The molecule has 0 radical (unpaired) electrons. The van der Waals surface area contributed by atoms with E-state index in [9.17, 15) is 0 Å². The summed E-state index contributed by atoms with van der Waals surface area (Å²) < 4.78 is 2.00. The molecule has 15 heavy (non-hydrogen) atoms. The summed E-state index contributed by atoms with van der Waals surface area (Å²) in [4.78, 5) is 0. The van der Waals surface area contributed by atoms with Crippen LogP contribution in [0.25, 0.3) is 0 Å². The molecular weight excluding hydrogens is 188 g/mol. The molecule has 0 unspecified atom stereocenters. The van der Waals surface area contributed by atoms with Gasteiger partial charge in [-0.3, -0.25) is 4.68 Å². The van der Waals surface area contributed by atoms with Crippen LogP contribution in [-0.2, 0) is 6.54 Å². The Hall–Kier alpha value is -1.03. The average Bonchev–Trinajstić information content (AvgIpc) is 2.44. The fraction of sp³-hybridized carbons (Fsp3) is 0.727. The maximum Gasteiger partial charge on any atom is 0.145 e. The molecule has 1 aliphatic rings. The van der Waals surface area contributed by atoms with Gasteiger partial charge in [-0.25, -0.2) is 0 Å². The van der Waals surface area contributed by atoms with Crippen LogP contribution in [0.4, 0.5) is 5.82 Å². The van der Waals surface area contributed by atoms with Crippen molar-refractivity contribution in [3.63, 3.8) is 0 Å². The summed E-state index contributed by atoms with van der Waals surface area (Å²) in [5.74, 6) is 0.620. The predicted octanol–water partition coefficient (Wildman–Crippen LogP) is 1.69. The van der Waals surface area contributed by atoms with Crippen LogP contribution in [-0.4, -0.2) is 15.8 Å². The average molecular weight is 208 g/mol. The molecule has 0 aromatic carbocycles. The molecule has 0 amide bonds. The van der Waals surface area contributed by atoms with E-state index < -0.39 is 0 Å². The van der Waals surface area contributed by atoms with E-state index in [0.717, 1.165) is 6.54 Å². The smallest absolute Gasteiger partial charge is 0.145 e. The minimum absolute atomic E-state index is 0.375. The SMILES string of the molecule is CC(C)n1nc(N)cc1CNC1CCC1. The van der Waals surface area contributed by atoms with Crippen LogP contribution in [0.2, 0.25) is 0 Å². The molecule has 0 spiro atoms. The summed E-state index contributed by atoms with van der Waals surface area (Å²) in [6.07, 6.45) is 3.99. The highest BCUT2D eigenvalue weighted by atomic mass is 15.3. The van der Waals surface area contributed by atoms with Crippen LogP contribution in [0.3, 0.4) is 0 Å². The molecule has 4 heteroatoms. The number of nitrogen functional groups attached to an aromatic ring is 1. The van der Waals surface area contributed by atoms with Gasteiger partial charge >= 0.3 is 0 Å². The van der Waals surface area contributed by atoms with Gasteiger partial charge in [0.1, 0.15) is 5.82 Å². The molecule has 0 atom stereocenters. The van der Waals surface area contributed by atoms with E-state index in [0.29, 0.717) is 17.9 Å². The Morgan fingerprint density at radius 1 is 1.60 bits per heavy atom. The van der Waals surface area contributed by atoms with E-state index in [1.807, 2.05) is 10.7 Å². The van der Waals surface area contributed by atoms with Crippen molar-refractivity contribution in [1.82, 2.24) is 15.1 Å². The molecule has 1 aliphatic carbocycles. The van der Waals surface area contributed by atoms with Crippen LogP contribution < -0.4 is 11.1 Å². The van der Waals surface area contributed by atoms with E-state index in [-0.39, 0.29) is 0 Å². The molecule has 3 N–H and O–H groups in total. The molecule has 0 saturated heterocycles. The normalized spacial score (nSPS) is 17.0. The zero-order valence-corrected chi connectivity index (χ0v) is 9.53. The molecule has 84 valence electrons. The summed E-state index contributed by atoms with van der Waals surface area (Å²) >= 11 is 0. The first-order chi connectivity index (χ1) is 7.16. The van der Waals surface area contributed by atoms with Crippen LogP contribution in [0, 0.1) is 0 Å². The van der Waals surface area contributed by atoms with Gasteiger partial charge in [0.2, 0.25) is 0 Å². The highest BCUT2D eigenvalue weighted by Crippen LogP contribution is 2.19. The molecule has 1 aromatic rings. The summed E-state index contributed by atoms with van der Waals surface area (Å²) in [5, 5.41) is 7.81. The molecular formula is C11H20N4. The number of nitrogens with one attached hydrogen (secondary N) is 1.